The third-order valence-electron chi connectivity index (χ3n) is 1.89. The smallest absolute Gasteiger partial charge is 0.135 e. The predicted octanol–water partition coefficient (Wildman–Crippen LogP) is 3.67. The summed E-state index contributed by atoms with van der Waals surface area (Å²) in [6, 6.07) is 4.10. The third-order valence-corrected chi connectivity index (χ3v) is 3.57. The summed E-state index contributed by atoms with van der Waals surface area (Å²) in [5.74, 6) is 0.521. The number of thiophene rings is 1. The number of Topliss-reactive ketones (excluding diaryl/α,β-unsaturated/α-hetero) is 1. The van der Waals surface area contributed by atoms with Crippen LogP contribution in [0.25, 0.3) is 0 Å². The first-order chi connectivity index (χ1) is 6.09. The molecular formula is C10H13BrOS. The van der Waals surface area contributed by atoms with Crippen LogP contribution in [-0.4, -0.2) is 5.78 Å². The third kappa shape index (κ3) is 3.61. The predicted molar refractivity (Wildman–Crippen MR) is 60.2 cm³/mol. The average Bonchev–Trinajstić information content (AvgIpc) is 2.47. The number of halogens is 1. The number of ketones is 1. The molecular weight excluding hydrogens is 248 g/mol. The Kier molecular flexibility index (Phi) is 4.13. The van der Waals surface area contributed by atoms with Crippen molar-refractivity contribution in [2.45, 2.75) is 26.7 Å². The van der Waals surface area contributed by atoms with E-state index in [1.807, 2.05) is 19.9 Å². The maximum atomic E-state index is 11.3. The Bertz CT molecular complexity index is 291. The molecule has 0 aliphatic rings. The Morgan fingerprint density at radius 1 is 1.54 bits per heavy atom. The molecule has 0 radical (unpaired) electrons. The summed E-state index contributed by atoms with van der Waals surface area (Å²) in [7, 11) is 0. The summed E-state index contributed by atoms with van der Waals surface area (Å²) < 4.78 is 1.14. The summed E-state index contributed by atoms with van der Waals surface area (Å²) in [5.41, 5.74) is 0. The lowest BCUT2D eigenvalue weighted by atomic mass is 10.0. The molecule has 0 spiro atoms. The van der Waals surface area contributed by atoms with Crippen molar-refractivity contribution in [2.24, 2.45) is 5.92 Å². The second kappa shape index (κ2) is 4.91. The Balaban J connectivity index is 2.39. The average molecular weight is 261 g/mol. The van der Waals surface area contributed by atoms with Gasteiger partial charge in [-0.15, -0.1) is 11.3 Å². The Labute approximate surface area is 91.3 Å². The molecule has 1 nitrogen and oxygen atoms in total. The van der Waals surface area contributed by atoms with Gasteiger partial charge in [0.25, 0.3) is 0 Å². The second-order valence-electron chi connectivity index (χ2n) is 3.33. The van der Waals surface area contributed by atoms with Gasteiger partial charge in [0.1, 0.15) is 5.78 Å². The molecule has 72 valence electrons. The van der Waals surface area contributed by atoms with Crippen LogP contribution in [0.2, 0.25) is 0 Å². The number of rotatable bonds is 4. The minimum Gasteiger partial charge on any atom is -0.299 e. The zero-order valence-electron chi connectivity index (χ0n) is 7.84. The maximum Gasteiger partial charge on any atom is 0.135 e. The van der Waals surface area contributed by atoms with Crippen molar-refractivity contribution in [1.82, 2.24) is 0 Å². The van der Waals surface area contributed by atoms with E-state index in [1.54, 1.807) is 11.3 Å². The van der Waals surface area contributed by atoms with Crippen molar-refractivity contribution in [1.29, 1.82) is 0 Å². The number of aryl methyl sites for hydroxylation is 1. The van der Waals surface area contributed by atoms with Crippen molar-refractivity contribution < 1.29 is 4.79 Å². The molecule has 0 amide bonds. The van der Waals surface area contributed by atoms with Gasteiger partial charge in [0.15, 0.2) is 0 Å². The van der Waals surface area contributed by atoms with E-state index in [9.17, 15) is 4.79 Å². The molecule has 1 aromatic rings. The quantitative estimate of drug-likeness (QED) is 0.808. The van der Waals surface area contributed by atoms with Gasteiger partial charge in [0, 0.05) is 17.2 Å². The lowest BCUT2D eigenvalue weighted by Gasteiger charge is -2.01. The van der Waals surface area contributed by atoms with E-state index in [1.165, 1.54) is 4.88 Å². The molecule has 0 aromatic carbocycles. The van der Waals surface area contributed by atoms with Crippen LogP contribution in [0.1, 0.15) is 25.1 Å². The van der Waals surface area contributed by atoms with Crippen LogP contribution in [0.3, 0.4) is 0 Å². The normalized spacial score (nSPS) is 10.8. The van der Waals surface area contributed by atoms with Crippen LogP contribution < -0.4 is 0 Å². The second-order valence-corrected chi connectivity index (χ2v) is 5.87. The molecule has 0 unspecified atom stereocenters. The van der Waals surface area contributed by atoms with Gasteiger partial charge in [-0.2, -0.15) is 0 Å². The maximum absolute atomic E-state index is 11.3. The summed E-state index contributed by atoms with van der Waals surface area (Å²) in [6.07, 6.45) is 1.55. The molecule has 1 rings (SSSR count). The highest BCUT2D eigenvalue weighted by molar-refractivity contribution is 9.11. The highest BCUT2D eigenvalue weighted by atomic mass is 79.9. The van der Waals surface area contributed by atoms with Crippen molar-refractivity contribution in [3.8, 4) is 0 Å². The summed E-state index contributed by atoms with van der Waals surface area (Å²) in [4.78, 5) is 12.6. The first-order valence-electron chi connectivity index (χ1n) is 4.36. The molecule has 1 aromatic heterocycles. The Morgan fingerprint density at radius 2 is 2.23 bits per heavy atom. The van der Waals surface area contributed by atoms with Crippen LogP contribution in [0, 0.1) is 5.92 Å². The van der Waals surface area contributed by atoms with E-state index >= 15 is 0 Å². The van der Waals surface area contributed by atoms with Gasteiger partial charge in [-0.1, -0.05) is 13.8 Å². The first kappa shape index (κ1) is 10.9. The fourth-order valence-electron chi connectivity index (χ4n) is 1.02. The zero-order valence-corrected chi connectivity index (χ0v) is 10.2. The standard InChI is InChI=1S/C10H13BrOS/c1-7(2)9(12)5-3-8-4-6-10(11)13-8/h4,6-7H,3,5H2,1-2H3. The summed E-state index contributed by atoms with van der Waals surface area (Å²) in [5, 5.41) is 0. The van der Waals surface area contributed by atoms with Crippen LogP contribution in [-0.2, 0) is 11.2 Å². The highest BCUT2D eigenvalue weighted by Gasteiger charge is 2.07. The van der Waals surface area contributed by atoms with Gasteiger partial charge < -0.3 is 0 Å². The summed E-state index contributed by atoms with van der Waals surface area (Å²) >= 11 is 5.11. The van der Waals surface area contributed by atoms with Gasteiger partial charge in [-0.05, 0) is 34.5 Å². The van der Waals surface area contributed by atoms with Crippen LogP contribution in [0.5, 0.6) is 0 Å². The van der Waals surface area contributed by atoms with Crippen molar-refractivity contribution in [2.75, 3.05) is 0 Å². The van der Waals surface area contributed by atoms with Gasteiger partial charge >= 0.3 is 0 Å². The Morgan fingerprint density at radius 3 is 2.69 bits per heavy atom. The molecule has 0 atom stereocenters. The van der Waals surface area contributed by atoms with Crippen LogP contribution in [0.15, 0.2) is 15.9 Å². The van der Waals surface area contributed by atoms with Gasteiger partial charge in [-0.25, -0.2) is 0 Å². The van der Waals surface area contributed by atoms with Crippen molar-refractivity contribution in [3.05, 3.63) is 20.8 Å². The fraction of sp³-hybridized carbons (Fsp3) is 0.500. The number of carbonyl (C=O) groups is 1. The van der Waals surface area contributed by atoms with Gasteiger partial charge in [-0.3, -0.25) is 4.79 Å². The molecule has 0 fully saturated rings. The molecule has 0 aliphatic carbocycles. The molecule has 1 heterocycles. The molecule has 3 heteroatoms. The Hall–Kier alpha value is -0.150. The molecule has 0 aliphatic heterocycles. The first-order valence-corrected chi connectivity index (χ1v) is 5.97. The molecule has 13 heavy (non-hydrogen) atoms. The summed E-state index contributed by atoms with van der Waals surface area (Å²) in [6.45, 7) is 3.90. The molecule has 0 saturated heterocycles. The van der Waals surface area contributed by atoms with Crippen LogP contribution in [0.4, 0.5) is 0 Å². The van der Waals surface area contributed by atoms with Gasteiger partial charge in [0.05, 0.1) is 3.79 Å². The number of carbonyl (C=O) groups excluding carboxylic acids is 1. The van der Waals surface area contributed by atoms with E-state index in [-0.39, 0.29) is 5.92 Å². The van der Waals surface area contributed by atoms with E-state index in [0.29, 0.717) is 12.2 Å². The zero-order chi connectivity index (χ0) is 9.84. The van der Waals surface area contributed by atoms with E-state index < -0.39 is 0 Å². The molecule has 0 N–H and O–H groups in total. The van der Waals surface area contributed by atoms with Crippen molar-refractivity contribution in [3.63, 3.8) is 0 Å². The van der Waals surface area contributed by atoms with Crippen LogP contribution >= 0.6 is 27.3 Å². The number of hydrogen-bond donors (Lipinski definition) is 0. The number of hydrogen-bond acceptors (Lipinski definition) is 2. The largest absolute Gasteiger partial charge is 0.299 e. The lowest BCUT2D eigenvalue weighted by molar-refractivity contribution is -0.121. The van der Waals surface area contributed by atoms with Gasteiger partial charge in [0.2, 0.25) is 0 Å². The molecule has 0 saturated carbocycles. The SMILES string of the molecule is CC(C)C(=O)CCc1ccc(Br)s1. The van der Waals surface area contributed by atoms with E-state index in [0.717, 1.165) is 10.2 Å². The lowest BCUT2D eigenvalue weighted by Crippen LogP contribution is -2.07. The van der Waals surface area contributed by atoms with Crippen molar-refractivity contribution >= 4 is 33.0 Å². The minimum atomic E-state index is 0.170. The highest BCUT2D eigenvalue weighted by Crippen LogP contribution is 2.23. The minimum absolute atomic E-state index is 0.170. The molecule has 0 bridgehead atoms. The monoisotopic (exact) mass is 260 g/mol. The van der Waals surface area contributed by atoms with E-state index in [4.69, 9.17) is 0 Å². The van der Waals surface area contributed by atoms with E-state index in [2.05, 4.69) is 22.0 Å². The fourth-order valence-corrected chi connectivity index (χ4v) is 2.50. The topological polar surface area (TPSA) is 17.1 Å².